The lowest BCUT2D eigenvalue weighted by atomic mass is 10.0. The summed E-state index contributed by atoms with van der Waals surface area (Å²) in [5.41, 5.74) is 2.05. The zero-order chi connectivity index (χ0) is 14.0. The van der Waals surface area contributed by atoms with Crippen LogP contribution in [0.15, 0.2) is 33.8 Å². The van der Waals surface area contributed by atoms with Crippen LogP contribution in [0.25, 0.3) is 0 Å². The van der Waals surface area contributed by atoms with E-state index in [0.717, 1.165) is 5.57 Å². The van der Waals surface area contributed by atoms with Crippen LogP contribution in [0.5, 0.6) is 0 Å². The van der Waals surface area contributed by atoms with Gasteiger partial charge in [0.1, 0.15) is 0 Å². The molecular formula is C13H13BrN2O3. The molecule has 0 unspecified atom stereocenters. The number of carbonyl (C=O) groups is 2. The van der Waals surface area contributed by atoms with E-state index in [9.17, 15) is 9.59 Å². The van der Waals surface area contributed by atoms with Gasteiger partial charge in [0, 0.05) is 23.1 Å². The number of carboxylic acid groups (broad SMARTS) is 1. The summed E-state index contributed by atoms with van der Waals surface area (Å²) in [6, 6.07) is 4.73. The fourth-order valence-corrected chi connectivity index (χ4v) is 2.06. The van der Waals surface area contributed by atoms with Crippen LogP contribution < -0.4 is 10.6 Å². The number of anilines is 1. The summed E-state index contributed by atoms with van der Waals surface area (Å²) >= 11 is 3.21. The van der Waals surface area contributed by atoms with Crippen LogP contribution in [0.2, 0.25) is 0 Å². The van der Waals surface area contributed by atoms with Gasteiger partial charge in [-0.3, -0.25) is 4.79 Å². The number of carboxylic acids is 1. The highest BCUT2D eigenvalue weighted by Gasteiger charge is 2.18. The average Bonchev–Trinajstić information content (AvgIpc) is 2.28. The van der Waals surface area contributed by atoms with E-state index < -0.39 is 5.97 Å². The van der Waals surface area contributed by atoms with E-state index in [2.05, 4.69) is 26.6 Å². The normalized spacial score (nSPS) is 13.7. The van der Waals surface area contributed by atoms with Gasteiger partial charge in [-0.25, -0.2) is 4.79 Å². The fraction of sp³-hybridized carbons (Fsp3) is 0.231. The Hall–Kier alpha value is -1.66. The number of aromatic carboxylic acids is 1. The molecule has 5 nitrogen and oxygen atoms in total. The first-order valence-corrected chi connectivity index (χ1v) is 6.52. The number of amides is 1. The van der Waals surface area contributed by atoms with Crippen LogP contribution >= 0.6 is 15.9 Å². The van der Waals surface area contributed by atoms with Crippen molar-refractivity contribution in [1.29, 1.82) is 0 Å². The summed E-state index contributed by atoms with van der Waals surface area (Å²) in [6.45, 7) is 3.17. The topological polar surface area (TPSA) is 78.4 Å². The van der Waals surface area contributed by atoms with Gasteiger partial charge in [-0.05, 0) is 30.7 Å². The van der Waals surface area contributed by atoms with Crippen molar-refractivity contribution in [3.63, 3.8) is 0 Å². The van der Waals surface area contributed by atoms with Crippen molar-refractivity contribution >= 4 is 33.5 Å². The number of benzene rings is 1. The van der Waals surface area contributed by atoms with Gasteiger partial charge in [-0.15, -0.1) is 0 Å². The first kappa shape index (κ1) is 13.8. The van der Waals surface area contributed by atoms with Crippen molar-refractivity contribution in [2.24, 2.45) is 0 Å². The number of nitrogens with one attached hydrogen (secondary N) is 2. The van der Waals surface area contributed by atoms with Crippen LogP contribution in [-0.4, -0.2) is 30.1 Å². The molecule has 3 N–H and O–H groups in total. The minimum atomic E-state index is -1.08. The van der Waals surface area contributed by atoms with Gasteiger partial charge in [0.15, 0.2) is 0 Å². The number of carbonyl (C=O) groups excluding carboxylic acids is 1. The summed E-state index contributed by atoms with van der Waals surface area (Å²) in [5, 5.41) is 14.8. The van der Waals surface area contributed by atoms with Crippen LogP contribution in [0.1, 0.15) is 17.3 Å². The molecule has 1 saturated heterocycles. The van der Waals surface area contributed by atoms with Crippen LogP contribution in [-0.2, 0) is 4.79 Å². The van der Waals surface area contributed by atoms with E-state index in [-0.39, 0.29) is 11.5 Å². The highest BCUT2D eigenvalue weighted by molar-refractivity contribution is 9.10. The molecule has 1 aromatic carbocycles. The van der Waals surface area contributed by atoms with Crippen LogP contribution in [0, 0.1) is 0 Å². The molecule has 1 heterocycles. The standard InChI is InChI=1S/C13H13BrN2O3/c1-7(8-5-15-6-8)12(17)16-11-3-2-9(14)4-10(11)13(18)19/h2-4,15H,5-6H2,1H3,(H,16,17)(H,18,19). The molecule has 0 aliphatic carbocycles. The Morgan fingerprint density at radius 2 is 2.05 bits per heavy atom. The Kier molecular flexibility index (Phi) is 4.01. The molecule has 2 rings (SSSR count). The second kappa shape index (κ2) is 5.54. The zero-order valence-corrected chi connectivity index (χ0v) is 11.9. The van der Waals surface area contributed by atoms with Gasteiger partial charge in [-0.2, -0.15) is 0 Å². The lowest BCUT2D eigenvalue weighted by molar-refractivity contribution is -0.112. The molecule has 6 heteroatoms. The maximum absolute atomic E-state index is 12.0. The van der Waals surface area contributed by atoms with E-state index in [1.807, 2.05) is 0 Å². The summed E-state index contributed by atoms with van der Waals surface area (Å²) < 4.78 is 0.654. The largest absolute Gasteiger partial charge is 0.478 e. The van der Waals surface area contributed by atoms with E-state index in [1.54, 1.807) is 19.1 Å². The van der Waals surface area contributed by atoms with E-state index in [1.165, 1.54) is 6.07 Å². The van der Waals surface area contributed by atoms with Gasteiger partial charge in [0.05, 0.1) is 11.3 Å². The summed E-state index contributed by atoms with van der Waals surface area (Å²) in [6.07, 6.45) is 0. The molecule has 0 radical (unpaired) electrons. The Morgan fingerprint density at radius 3 is 2.58 bits per heavy atom. The molecule has 100 valence electrons. The molecule has 0 atom stereocenters. The Bertz CT molecular complexity index is 575. The summed E-state index contributed by atoms with van der Waals surface area (Å²) in [7, 11) is 0. The maximum Gasteiger partial charge on any atom is 0.337 e. The highest BCUT2D eigenvalue weighted by atomic mass is 79.9. The second-order valence-electron chi connectivity index (χ2n) is 4.28. The Balaban J connectivity index is 2.24. The van der Waals surface area contributed by atoms with E-state index in [0.29, 0.717) is 28.8 Å². The van der Waals surface area contributed by atoms with Crippen molar-refractivity contribution in [3.05, 3.63) is 39.4 Å². The molecule has 1 amide bonds. The van der Waals surface area contributed by atoms with Crippen molar-refractivity contribution in [1.82, 2.24) is 5.32 Å². The number of rotatable bonds is 3. The van der Waals surface area contributed by atoms with Crippen LogP contribution in [0.4, 0.5) is 5.69 Å². The third-order valence-electron chi connectivity index (χ3n) is 3.01. The molecule has 19 heavy (non-hydrogen) atoms. The van der Waals surface area contributed by atoms with E-state index >= 15 is 0 Å². The lowest BCUT2D eigenvalue weighted by Gasteiger charge is -2.21. The summed E-state index contributed by atoms with van der Waals surface area (Å²) in [4.78, 5) is 23.1. The molecule has 0 aromatic heterocycles. The lowest BCUT2D eigenvalue weighted by Crippen LogP contribution is -2.36. The average molecular weight is 325 g/mol. The molecule has 0 spiro atoms. The number of hydrogen-bond donors (Lipinski definition) is 3. The minimum absolute atomic E-state index is 0.0623. The quantitative estimate of drug-likeness (QED) is 0.743. The van der Waals surface area contributed by atoms with Gasteiger partial charge < -0.3 is 15.7 Å². The third-order valence-corrected chi connectivity index (χ3v) is 3.50. The SMILES string of the molecule is CC(C(=O)Nc1ccc(Br)cc1C(=O)O)=C1CNC1. The third kappa shape index (κ3) is 3.02. The van der Waals surface area contributed by atoms with Crippen molar-refractivity contribution in [3.8, 4) is 0 Å². The first-order valence-electron chi connectivity index (χ1n) is 5.72. The van der Waals surface area contributed by atoms with Crippen LogP contribution in [0.3, 0.4) is 0 Å². The summed E-state index contributed by atoms with van der Waals surface area (Å²) in [5.74, 6) is -1.34. The Morgan fingerprint density at radius 1 is 1.37 bits per heavy atom. The van der Waals surface area contributed by atoms with Crippen molar-refractivity contribution in [2.45, 2.75) is 6.92 Å². The predicted molar refractivity (Wildman–Crippen MR) is 75.3 cm³/mol. The molecule has 1 aliphatic rings. The molecule has 1 aliphatic heterocycles. The highest BCUT2D eigenvalue weighted by Crippen LogP contribution is 2.22. The smallest absolute Gasteiger partial charge is 0.337 e. The molecule has 1 aromatic rings. The molecule has 0 bridgehead atoms. The maximum atomic E-state index is 12.0. The first-order chi connectivity index (χ1) is 8.99. The zero-order valence-electron chi connectivity index (χ0n) is 10.3. The monoisotopic (exact) mass is 324 g/mol. The molecule has 0 saturated carbocycles. The fourth-order valence-electron chi connectivity index (χ4n) is 1.69. The van der Waals surface area contributed by atoms with E-state index in [4.69, 9.17) is 5.11 Å². The van der Waals surface area contributed by atoms with Gasteiger partial charge in [-0.1, -0.05) is 15.9 Å². The molecular weight excluding hydrogens is 312 g/mol. The van der Waals surface area contributed by atoms with Gasteiger partial charge in [0.2, 0.25) is 0 Å². The Labute approximate surface area is 118 Å². The number of hydrogen-bond acceptors (Lipinski definition) is 3. The second-order valence-corrected chi connectivity index (χ2v) is 5.20. The minimum Gasteiger partial charge on any atom is -0.478 e. The van der Waals surface area contributed by atoms with Gasteiger partial charge >= 0.3 is 5.97 Å². The van der Waals surface area contributed by atoms with Gasteiger partial charge in [0.25, 0.3) is 5.91 Å². The van der Waals surface area contributed by atoms with Crippen molar-refractivity contribution < 1.29 is 14.7 Å². The predicted octanol–water partition coefficient (Wildman–Crippen LogP) is 2.01. The van der Waals surface area contributed by atoms with Crippen molar-refractivity contribution in [2.75, 3.05) is 18.4 Å². The number of halogens is 1. The molecule has 1 fully saturated rings.